The molecule has 1 saturated heterocycles. The van der Waals surface area contributed by atoms with Crippen molar-refractivity contribution in [2.75, 3.05) is 35.6 Å². The van der Waals surface area contributed by atoms with Crippen LogP contribution in [0.2, 0.25) is 0 Å². The van der Waals surface area contributed by atoms with E-state index in [2.05, 4.69) is 16.0 Å². The Balaban J connectivity index is 1.44. The first kappa shape index (κ1) is 24.3. The molecule has 1 aliphatic heterocycles. The van der Waals surface area contributed by atoms with Gasteiger partial charge in [0.2, 0.25) is 11.8 Å². The fraction of sp³-hybridized carbons (Fsp3) is 0.423. The molecular formula is C26H34N4O3. The van der Waals surface area contributed by atoms with Crippen LogP contribution in [0.3, 0.4) is 0 Å². The van der Waals surface area contributed by atoms with Crippen molar-refractivity contribution in [1.29, 1.82) is 0 Å². The number of carbonyl (C=O) groups excluding carboxylic acids is 3. The van der Waals surface area contributed by atoms with E-state index in [0.29, 0.717) is 29.3 Å². The molecule has 0 aromatic heterocycles. The molecule has 33 heavy (non-hydrogen) atoms. The number of likely N-dealkylation sites (tertiary alicyclic amines) is 1. The van der Waals surface area contributed by atoms with Gasteiger partial charge in [-0.1, -0.05) is 26.7 Å². The van der Waals surface area contributed by atoms with Gasteiger partial charge in [0.1, 0.15) is 0 Å². The summed E-state index contributed by atoms with van der Waals surface area (Å²) in [5, 5.41) is 8.76. The lowest BCUT2D eigenvalue weighted by atomic mass is 10.1. The Bertz CT molecular complexity index is 931. The normalized spacial score (nSPS) is 13.8. The summed E-state index contributed by atoms with van der Waals surface area (Å²) in [5.41, 5.74) is 2.81. The number of hydrogen-bond donors (Lipinski definition) is 3. The molecule has 3 N–H and O–H groups in total. The maximum Gasteiger partial charge on any atom is 0.253 e. The highest BCUT2D eigenvalue weighted by Gasteiger charge is 2.17. The maximum atomic E-state index is 12.7. The lowest BCUT2D eigenvalue weighted by molar-refractivity contribution is -0.117. The fourth-order valence-corrected chi connectivity index (χ4v) is 3.79. The quantitative estimate of drug-likeness (QED) is 0.542. The number of nitrogens with zero attached hydrogens (tertiary/aromatic N) is 1. The number of hydrogen-bond acceptors (Lipinski definition) is 4. The zero-order valence-electron chi connectivity index (χ0n) is 19.5. The van der Waals surface area contributed by atoms with Gasteiger partial charge in [-0.15, -0.1) is 0 Å². The first-order valence-corrected chi connectivity index (χ1v) is 11.7. The molecule has 0 unspecified atom stereocenters. The van der Waals surface area contributed by atoms with Gasteiger partial charge in [0.15, 0.2) is 0 Å². The van der Waals surface area contributed by atoms with Crippen molar-refractivity contribution in [3.8, 4) is 0 Å². The van der Waals surface area contributed by atoms with E-state index in [0.717, 1.165) is 31.6 Å². The van der Waals surface area contributed by atoms with Gasteiger partial charge in [-0.3, -0.25) is 14.4 Å². The van der Waals surface area contributed by atoms with Crippen molar-refractivity contribution in [3.05, 3.63) is 54.1 Å². The zero-order chi connectivity index (χ0) is 23.6. The summed E-state index contributed by atoms with van der Waals surface area (Å²) in [5.74, 6) is 0.165. The highest BCUT2D eigenvalue weighted by molar-refractivity contribution is 5.96. The summed E-state index contributed by atoms with van der Waals surface area (Å²) in [6.45, 7) is 5.74. The van der Waals surface area contributed by atoms with Gasteiger partial charge in [0.25, 0.3) is 5.91 Å². The van der Waals surface area contributed by atoms with E-state index in [4.69, 9.17) is 0 Å². The van der Waals surface area contributed by atoms with E-state index in [-0.39, 0.29) is 24.3 Å². The van der Waals surface area contributed by atoms with Crippen LogP contribution in [-0.4, -0.2) is 42.3 Å². The van der Waals surface area contributed by atoms with Gasteiger partial charge in [-0.25, -0.2) is 0 Å². The Morgan fingerprint density at radius 1 is 0.758 bits per heavy atom. The van der Waals surface area contributed by atoms with E-state index in [9.17, 15) is 14.4 Å². The summed E-state index contributed by atoms with van der Waals surface area (Å²) in [6.07, 6.45) is 4.98. The number of nitrogens with one attached hydrogen (secondary N) is 3. The molecule has 0 saturated carbocycles. The lowest BCUT2D eigenvalue weighted by Crippen LogP contribution is -2.31. The maximum absolute atomic E-state index is 12.7. The summed E-state index contributed by atoms with van der Waals surface area (Å²) in [7, 11) is 0. The molecule has 7 nitrogen and oxygen atoms in total. The second-order valence-corrected chi connectivity index (χ2v) is 8.91. The van der Waals surface area contributed by atoms with E-state index >= 15 is 0 Å². The Labute approximate surface area is 195 Å². The van der Waals surface area contributed by atoms with Gasteiger partial charge in [-0.2, -0.15) is 0 Å². The molecule has 3 rings (SSSR count). The standard InChI is InChI=1S/C26H34N4O3/c1-19(2)17-24(31)28-22-11-13-23(14-12-22)29-25(32)18-27-21-9-7-20(8-10-21)26(33)30-15-5-3-4-6-16-30/h7-14,19,27H,3-6,15-18H2,1-2H3,(H,28,31)(H,29,32). The predicted molar refractivity (Wildman–Crippen MR) is 132 cm³/mol. The Morgan fingerprint density at radius 3 is 1.82 bits per heavy atom. The molecule has 0 bridgehead atoms. The fourth-order valence-electron chi connectivity index (χ4n) is 3.79. The first-order chi connectivity index (χ1) is 15.9. The van der Waals surface area contributed by atoms with Gasteiger partial charge < -0.3 is 20.9 Å². The lowest BCUT2D eigenvalue weighted by Gasteiger charge is -2.20. The molecule has 7 heteroatoms. The highest BCUT2D eigenvalue weighted by atomic mass is 16.2. The predicted octanol–water partition coefficient (Wildman–Crippen LogP) is 4.74. The van der Waals surface area contributed by atoms with Crippen LogP contribution < -0.4 is 16.0 Å². The average molecular weight is 451 g/mol. The molecule has 0 spiro atoms. The van der Waals surface area contributed by atoms with Crippen molar-refractivity contribution in [2.45, 2.75) is 46.0 Å². The average Bonchev–Trinajstić information content (AvgIpc) is 3.08. The Kier molecular flexibility index (Phi) is 8.87. The molecule has 0 radical (unpaired) electrons. The summed E-state index contributed by atoms with van der Waals surface area (Å²) >= 11 is 0. The minimum absolute atomic E-state index is 0.0230. The third kappa shape index (κ3) is 7.93. The van der Waals surface area contributed by atoms with Crippen molar-refractivity contribution in [3.63, 3.8) is 0 Å². The monoisotopic (exact) mass is 450 g/mol. The van der Waals surface area contributed by atoms with Gasteiger partial charge in [0, 0.05) is 42.1 Å². The van der Waals surface area contributed by atoms with E-state index in [1.807, 2.05) is 30.9 Å². The first-order valence-electron chi connectivity index (χ1n) is 11.7. The number of amides is 3. The largest absolute Gasteiger partial charge is 0.376 e. The molecule has 1 heterocycles. The van der Waals surface area contributed by atoms with Crippen LogP contribution in [0.5, 0.6) is 0 Å². The molecule has 1 aliphatic rings. The second-order valence-electron chi connectivity index (χ2n) is 8.91. The summed E-state index contributed by atoms with van der Waals surface area (Å²) in [4.78, 5) is 38.7. The molecule has 0 atom stereocenters. The van der Waals surface area contributed by atoms with Crippen LogP contribution in [-0.2, 0) is 9.59 Å². The van der Waals surface area contributed by atoms with Crippen molar-refractivity contribution < 1.29 is 14.4 Å². The van der Waals surface area contributed by atoms with E-state index < -0.39 is 0 Å². The Morgan fingerprint density at radius 2 is 1.27 bits per heavy atom. The number of rotatable bonds is 8. The smallest absolute Gasteiger partial charge is 0.253 e. The number of anilines is 3. The molecule has 0 aliphatic carbocycles. The van der Waals surface area contributed by atoms with Crippen LogP contribution in [0.25, 0.3) is 0 Å². The van der Waals surface area contributed by atoms with Crippen LogP contribution in [0.4, 0.5) is 17.1 Å². The van der Waals surface area contributed by atoms with Crippen molar-refractivity contribution in [2.24, 2.45) is 5.92 Å². The molecular weight excluding hydrogens is 416 g/mol. The van der Waals surface area contributed by atoms with Gasteiger partial charge >= 0.3 is 0 Å². The SMILES string of the molecule is CC(C)CC(=O)Nc1ccc(NC(=O)CNc2ccc(C(=O)N3CCCCCC3)cc2)cc1. The second kappa shape index (κ2) is 12.0. The van der Waals surface area contributed by atoms with Gasteiger partial charge in [0.05, 0.1) is 6.54 Å². The van der Waals surface area contributed by atoms with Gasteiger partial charge in [-0.05, 0) is 67.3 Å². The number of benzene rings is 2. The summed E-state index contributed by atoms with van der Waals surface area (Å²) in [6, 6.07) is 14.3. The van der Waals surface area contributed by atoms with E-state index in [1.165, 1.54) is 12.8 Å². The number of carbonyl (C=O) groups is 3. The molecule has 3 amide bonds. The summed E-state index contributed by atoms with van der Waals surface area (Å²) < 4.78 is 0. The van der Waals surface area contributed by atoms with Crippen molar-refractivity contribution >= 4 is 34.8 Å². The minimum atomic E-state index is -0.184. The van der Waals surface area contributed by atoms with Crippen LogP contribution in [0.1, 0.15) is 56.3 Å². The van der Waals surface area contributed by atoms with Crippen molar-refractivity contribution in [1.82, 2.24) is 4.90 Å². The van der Waals surface area contributed by atoms with Crippen LogP contribution in [0.15, 0.2) is 48.5 Å². The van der Waals surface area contributed by atoms with E-state index in [1.54, 1.807) is 36.4 Å². The van der Waals surface area contributed by atoms with Crippen LogP contribution >= 0.6 is 0 Å². The minimum Gasteiger partial charge on any atom is -0.376 e. The molecule has 2 aromatic rings. The zero-order valence-corrected chi connectivity index (χ0v) is 19.5. The highest BCUT2D eigenvalue weighted by Crippen LogP contribution is 2.17. The topological polar surface area (TPSA) is 90.5 Å². The molecule has 2 aromatic carbocycles. The molecule has 176 valence electrons. The molecule has 1 fully saturated rings. The third-order valence-corrected chi connectivity index (χ3v) is 5.52. The van der Waals surface area contributed by atoms with Crippen LogP contribution in [0, 0.1) is 5.92 Å². The third-order valence-electron chi connectivity index (χ3n) is 5.52. The Hall–Kier alpha value is -3.35.